The maximum absolute atomic E-state index is 13.6. The number of nitrogens with one attached hydrogen (secondary N) is 1. The van der Waals surface area contributed by atoms with Gasteiger partial charge < -0.3 is 5.32 Å². The van der Waals surface area contributed by atoms with Crippen molar-refractivity contribution < 1.29 is 9.18 Å². The number of thioether (sulfide) groups is 1. The van der Waals surface area contributed by atoms with Gasteiger partial charge >= 0.3 is 0 Å². The third kappa shape index (κ3) is 5.62. The first kappa shape index (κ1) is 24.7. The maximum atomic E-state index is 13.6. The summed E-state index contributed by atoms with van der Waals surface area (Å²) < 4.78 is 15.5. The van der Waals surface area contributed by atoms with Crippen molar-refractivity contribution in [1.82, 2.24) is 19.7 Å². The predicted octanol–water partition coefficient (Wildman–Crippen LogP) is 5.95. The molecule has 1 amide bonds. The van der Waals surface area contributed by atoms with Crippen molar-refractivity contribution >= 4 is 35.0 Å². The summed E-state index contributed by atoms with van der Waals surface area (Å²) in [5, 5.41) is 12.9. The van der Waals surface area contributed by atoms with Gasteiger partial charge in [0.05, 0.1) is 22.5 Å². The molecule has 34 heavy (non-hydrogen) atoms. The van der Waals surface area contributed by atoms with E-state index in [1.165, 1.54) is 30.3 Å². The molecule has 2 aromatic carbocycles. The summed E-state index contributed by atoms with van der Waals surface area (Å²) in [5.74, 6) is 0.439. The van der Waals surface area contributed by atoms with E-state index in [-0.39, 0.29) is 23.5 Å². The van der Waals surface area contributed by atoms with Crippen LogP contribution in [0.4, 0.5) is 10.1 Å². The minimum atomic E-state index is -0.304. The van der Waals surface area contributed by atoms with Crippen molar-refractivity contribution in [2.75, 3.05) is 24.2 Å². The fourth-order valence-corrected chi connectivity index (χ4v) is 5.45. The number of rotatable bonds is 7. The molecule has 1 unspecified atom stereocenters. The Balaban J connectivity index is 1.56. The van der Waals surface area contributed by atoms with E-state index in [9.17, 15) is 9.18 Å². The lowest BCUT2D eigenvalue weighted by atomic mass is 10.1. The van der Waals surface area contributed by atoms with Gasteiger partial charge in [0, 0.05) is 5.69 Å². The normalized spacial score (nSPS) is 15.3. The van der Waals surface area contributed by atoms with E-state index >= 15 is 0 Å². The number of carbonyl (C=O) groups is 1. The number of benzene rings is 2. The quantitative estimate of drug-likeness (QED) is 0.405. The number of anilines is 1. The zero-order valence-corrected chi connectivity index (χ0v) is 21.2. The third-order valence-electron chi connectivity index (χ3n) is 6.08. The van der Waals surface area contributed by atoms with Crippen molar-refractivity contribution in [3.8, 4) is 5.69 Å². The van der Waals surface area contributed by atoms with Gasteiger partial charge in [-0.15, -0.1) is 10.2 Å². The number of halogens is 2. The van der Waals surface area contributed by atoms with Crippen LogP contribution in [0.3, 0.4) is 0 Å². The summed E-state index contributed by atoms with van der Waals surface area (Å²) in [5.41, 5.74) is 3.34. The fraction of sp³-hybridized carbons (Fsp3) is 0.400. The van der Waals surface area contributed by atoms with E-state index < -0.39 is 0 Å². The van der Waals surface area contributed by atoms with Crippen LogP contribution in [-0.4, -0.2) is 44.4 Å². The number of hydrogen-bond donors (Lipinski definition) is 1. The molecular weight excluding hydrogens is 473 g/mol. The average Bonchev–Trinajstić information content (AvgIpc) is 3.24. The molecule has 1 aromatic heterocycles. The molecule has 1 saturated heterocycles. The molecule has 2 heterocycles. The number of aromatic nitrogens is 3. The summed E-state index contributed by atoms with van der Waals surface area (Å²) in [6.45, 7) is 8.03. The molecule has 0 bridgehead atoms. The average molecular weight is 502 g/mol. The Labute approximate surface area is 208 Å². The van der Waals surface area contributed by atoms with E-state index in [4.69, 9.17) is 11.6 Å². The van der Waals surface area contributed by atoms with Gasteiger partial charge in [-0.05, 0) is 88.2 Å². The van der Waals surface area contributed by atoms with E-state index in [1.54, 1.807) is 12.1 Å². The number of piperidine rings is 1. The highest BCUT2D eigenvalue weighted by molar-refractivity contribution is 7.99. The monoisotopic (exact) mass is 501 g/mol. The second-order valence-corrected chi connectivity index (χ2v) is 10.1. The molecular formula is C25H29ClFN5OS. The molecule has 1 fully saturated rings. The molecule has 3 aromatic rings. The zero-order valence-electron chi connectivity index (χ0n) is 19.6. The zero-order chi connectivity index (χ0) is 24.2. The molecule has 0 spiro atoms. The van der Waals surface area contributed by atoms with Gasteiger partial charge in [0.2, 0.25) is 5.91 Å². The van der Waals surface area contributed by atoms with Crippen molar-refractivity contribution in [2.24, 2.45) is 0 Å². The van der Waals surface area contributed by atoms with Crippen LogP contribution >= 0.6 is 23.4 Å². The minimum Gasteiger partial charge on any atom is -0.324 e. The van der Waals surface area contributed by atoms with Gasteiger partial charge in [0.25, 0.3) is 0 Å². The van der Waals surface area contributed by atoms with Crippen LogP contribution in [0.25, 0.3) is 5.69 Å². The van der Waals surface area contributed by atoms with E-state index in [0.717, 1.165) is 48.6 Å². The van der Waals surface area contributed by atoms with Gasteiger partial charge in [-0.25, -0.2) is 4.39 Å². The predicted molar refractivity (Wildman–Crippen MR) is 135 cm³/mol. The third-order valence-corrected chi connectivity index (χ3v) is 7.31. The molecule has 1 atom stereocenters. The SMILES string of the molecule is Cc1cc(C)c(NC(=O)CSc2nnc(C(C)N3CCCCC3)n2-c2ccc(F)cc2)c(Cl)c1. The fourth-order valence-electron chi connectivity index (χ4n) is 4.33. The molecule has 6 nitrogen and oxygen atoms in total. The van der Waals surface area contributed by atoms with Crippen molar-refractivity contribution in [2.45, 2.75) is 51.2 Å². The highest BCUT2D eigenvalue weighted by atomic mass is 35.5. The number of likely N-dealkylation sites (tertiary alicyclic amines) is 1. The van der Waals surface area contributed by atoms with E-state index in [0.29, 0.717) is 15.9 Å². The number of nitrogens with zero attached hydrogens (tertiary/aromatic N) is 4. The second-order valence-electron chi connectivity index (χ2n) is 8.70. The maximum Gasteiger partial charge on any atom is 0.234 e. The lowest BCUT2D eigenvalue weighted by molar-refractivity contribution is -0.113. The van der Waals surface area contributed by atoms with Gasteiger partial charge in [-0.3, -0.25) is 14.3 Å². The largest absolute Gasteiger partial charge is 0.324 e. The molecule has 1 aliphatic heterocycles. The molecule has 1 aliphatic rings. The first-order valence-electron chi connectivity index (χ1n) is 11.5. The number of carbonyl (C=O) groups excluding carboxylic acids is 1. The summed E-state index contributed by atoms with van der Waals surface area (Å²) >= 11 is 7.64. The summed E-state index contributed by atoms with van der Waals surface area (Å²) in [6, 6.07) is 10.1. The molecule has 9 heteroatoms. The Morgan fingerprint density at radius 2 is 1.85 bits per heavy atom. The number of amides is 1. The van der Waals surface area contributed by atoms with Gasteiger partial charge in [-0.2, -0.15) is 0 Å². The Hall–Kier alpha value is -2.42. The second kappa shape index (κ2) is 10.9. The van der Waals surface area contributed by atoms with E-state index in [2.05, 4.69) is 27.3 Å². The molecule has 0 radical (unpaired) electrons. The van der Waals surface area contributed by atoms with Crippen molar-refractivity contribution in [3.63, 3.8) is 0 Å². The van der Waals surface area contributed by atoms with Crippen LogP contribution in [0.5, 0.6) is 0 Å². The van der Waals surface area contributed by atoms with Crippen LogP contribution in [0, 0.1) is 19.7 Å². The van der Waals surface area contributed by atoms with Gasteiger partial charge in [-0.1, -0.05) is 35.9 Å². The Morgan fingerprint density at radius 1 is 1.15 bits per heavy atom. The van der Waals surface area contributed by atoms with Crippen molar-refractivity contribution in [1.29, 1.82) is 0 Å². The summed E-state index contributed by atoms with van der Waals surface area (Å²) in [4.78, 5) is 15.1. The topological polar surface area (TPSA) is 63.1 Å². The molecule has 180 valence electrons. The first-order valence-corrected chi connectivity index (χ1v) is 12.8. The summed E-state index contributed by atoms with van der Waals surface area (Å²) in [7, 11) is 0. The van der Waals surface area contributed by atoms with Crippen LogP contribution in [0.2, 0.25) is 5.02 Å². The van der Waals surface area contributed by atoms with Crippen LogP contribution < -0.4 is 5.32 Å². The molecule has 0 saturated carbocycles. The molecule has 4 rings (SSSR count). The number of hydrogen-bond acceptors (Lipinski definition) is 5. The lowest BCUT2D eigenvalue weighted by Crippen LogP contribution is -2.33. The van der Waals surface area contributed by atoms with Crippen molar-refractivity contribution in [3.05, 3.63) is 64.2 Å². The minimum absolute atomic E-state index is 0.0510. The van der Waals surface area contributed by atoms with Crippen LogP contribution in [0.15, 0.2) is 41.6 Å². The molecule has 0 aliphatic carbocycles. The molecule has 1 N–H and O–H groups in total. The van der Waals surface area contributed by atoms with Crippen LogP contribution in [-0.2, 0) is 4.79 Å². The lowest BCUT2D eigenvalue weighted by Gasteiger charge is -2.31. The van der Waals surface area contributed by atoms with Gasteiger partial charge in [0.1, 0.15) is 5.82 Å². The Morgan fingerprint density at radius 3 is 2.53 bits per heavy atom. The van der Waals surface area contributed by atoms with Gasteiger partial charge in [0.15, 0.2) is 11.0 Å². The summed E-state index contributed by atoms with van der Waals surface area (Å²) in [6.07, 6.45) is 3.57. The Kier molecular flexibility index (Phi) is 7.91. The first-order chi connectivity index (χ1) is 16.3. The van der Waals surface area contributed by atoms with E-state index in [1.807, 2.05) is 30.5 Å². The Bertz CT molecular complexity index is 1140. The smallest absolute Gasteiger partial charge is 0.234 e. The van der Waals surface area contributed by atoms with Crippen LogP contribution in [0.1, 0.15) is 49.2 Å². The highest BCUT2D eigenvalue weighted by Gasteiger charge is 2.26. The standard InChI is InChI=1S/C25H29ClFN5OS/c1-16-13-17(2)23(21(26)14-16)28-22(33)15-34-25-30-29-24(18(3)31-11-5-4-6-12-31)32(25)20-9-7-19(27)8-10-20/h7-10,13-14,18H,4-6,11-12,15H2,1-3H3,(H,28,33). The highest BCUT2D eigenvalue weighted by Crippen LogP contribution is 2.31. The number of aryl methyl sites for hydroxylation is 2.